The van der Waals surface area contributed by atoms with Crippen molar-refractivity contribution in [3.05, 3.63) is 41.9 Å². The first kappa shape index (κ1) is 16.7. The minimum atomic E-state index is 0.469. The topological polar surface area (TPSA) is 68.9 Å². The van der Waals surface area contributed by atoms with Crippen molar-refractivity contribution in [2.75, 3.05) is 36.0 Å². The van der Waals surface area contributed by atoms with Gasteiger partial charge in [-0.3, -0.25) is 0 Å². The van der Waals surface area contributed by atoms with E-state index in [0.29, 0.717) is 5.69 Å². The second-order valence-electron chi connectivity index (χ2n) is 6.33. The molecule has 26 heavy (non-hydrogen) atoms. The van der Waals surface area contributed by atoms with Gasteiger partial charge in [-0.25, -0.2) is 9.97 Å². The third-order valence-corrected chi connectivity index (χ3v) is 5.50. The number of pyridine rings is 1. The molecule has 7 heteroatoms. The maximum atomic E-state index is 9.34. The lowest BCUT2D eigenvalue weighted by atomic mass is 10.1. The second-order valence-corrected chi connectivity index (χ2v) is 7.06. The maximum Gasteiger partial charge on any atom is 0.205 e. The van der Waals surface area contributed by atoms with Crippen LogP contribution in [0.3, 0.4) is 0 Å². The fraction of sp³-hybridized carbons (Fsp3) is 0.368. The number of anilines is 2. The lowest BCUT2D eigenvalue weighted by molar-refractivity contribution is 0.802. The van der Waals surface area contributed by atoms with Crippen LogP contribution in [0.15, 0.2) is 30.3 Å². The minimum Gasteiger partial charge on any atom is -0.369 e. The summed E-state index contributed by atoms with van der Waals surface area (Å²) in [7, 11) is 0. The van der Waals surface area contributed by atoms with Crippen LogP contribution in [0, 0.1) is 11.3 Å². The Morgan fingerprint density at radius 2 is 1.92 bits per heavy atom. The lowest BCUT2D eigenvalue weighted by Gasteiger charge is -2.24. The number of aromatic nitrogens is 3. The highest BCUT2D eigenvalue weighted by molar-refractivity contribution is 7.09. The first-order valence-electron chi connectivity index (χ1n) is 8.91. The van der Waals surface area contributed by atoms with E-state index in [1.165, 1.54) is 11.5 Å². The number of fused-ring (bicyclic) bond motifs is 1. The molecule has 132 valence electrons. The van der Waals surface area contributed by atoms with Gasteiger partial charge in [-0.05, 0) is 18.6 Å². The molecule has 4 rings (SSSR count). The zero-order chi connectivity index (χ0) is 17.9. The van der Waals surface area contributed by atoms with Crippen molar-refractivity contribution < 1.29 is 0 Å². The number of benzene rings is 1. The molecule has 0 amide bonds. The number of hydrogen-bond donors (Lipinski definition) is 0. The minimum absolute atomic E-state index is 0.469. The summed E-state index contributed by atoms with van der Waals surface area (Å²) in [6.07, 6.45) is 1.91. The zero-order valence-electron chi connectivity index (χ0n) is 14.7. The molecule has 0 N–H and O–H groups in total. The third-order valence-electron chi connectivity index (χ3n) is 4.69. The monoisotopic (exact) mass is 364 g/mol. The number of para-hydroxylation sites is 1. The van der Waals surface area contributed by atoms with Gasteiger partial charge in [0.15, 0.2) is 0 Å². The molecule has 6 nitrogen and oxygen atoms in total. The number of aryl methyl sites for hydroxylation is 1. The zero-order valence-corrected chi connectivity index (χ0v) is 15.5. The Morgan fingerprint density at radius 1 is 1.12 bits per heavy atom. The fourth-order valence-electron chi connectivity index (χ4n) is 3.34. The first-order valence-corrected chi connectivity index (χ1v) is 9.68. The summed E-state index contributed by atoms with van der Waals surface area (Å²) in [4.78, 5) is 13.8. The van der Waals surface area contributed by atoms with E-state index < -0.39 is 0 Å². The molecule has 1 aliphatic heterocycles. The molecule has 1 aromatic carbocycles. The first-order chi connectivity index (χ1) is 12.8. The van der Waals surface area contributed by atoms with E-state index in [4.69, 9.17) is 0 Å². The van der Waals surface area contributed by atoms with Crippen LogP contribution in [0.2, 0.25) is 0 Å². The summed E-state index contributed by atoms with van der Waals surface area (Å²) in [6.45, 7) is 5.80. The Balaban J connectivity index is 1.61. The van der Waals surface area contributed by atoms with Gasteiger partial charge in [0.1, 0.15) is 17.6 Å². The van der Waals surface area contributed by atoms with Crippen molar-refractivity contribution in [2.45, 2.75) is 19.8 Å². The fourth-order valence-corrected chi connectivity index (χ4v) is 4.14. The van der Waals surface area contributed by atoms with Crippen LogP contribution < -0.4 is 9.80 Å². The molecule has 1 saturated heterocycles. The molecule has 1 fully saturated rings. The normalized spacial score (nSPS) is 15.1. The average Bonchev–Trinajstić information content (AvgIpc) is 3.04. The lowest BCUT2D eigenvalue weighted by Crippen LogP contribution is -2.30. The summed E-state index contributed by atoms with van der Waals surface area (Å²) in [6, 6.07) is 12.1. The van der Waals surface area contributed by atoms with Crippen molar-refractivity contribution >= 4 is 33.3 Å². The molecular weight excluding hydrogens is 344 g/mol. The Hall–Kier alpha value is -2.72. The van der Waals surface area contributed by atoms with Crippen LogP contribution in [-0.4, -0.2) is 40.5 Å². The molecule has 0 spiro atoms. The van der Waals surface area contributed by atoms with Gasteiger partial charge in [-0.15, -0.1) is 0 Å². The maximum absolute atomic E-state index is 9.34. The van der Waals surface area contributed by atoms with Crippen molar-refractivity contribution in [3.63, 3.8) is 0 Å². The Morgan fingerprint density at radius 3 is 2.73 bits per heavy atom. The van der Waals surface area contributed by atoms with Gasteiger partial charge in [-0.1, -0.05) is 25.1 Å². The van der Waals surface area contributed by atoms with Crippen molar-refractivity contribution in [1.82, 2.24) is 14.3 Å². The van der Waals surface area contributed by atoms with E-state index in [1.807, 2.05) is 24.3 Å². The van der Waals surface area contributed by atoms with Crippen LogP contribution >= 0.6 is 11.5 Å². The third kappa shape index (κ3) is 3.20. The summed E-state index contributed by atoms with van der Waals surface area (Å²) in [5.41, 5.74) is 2.44. The largest absolute Gasteiger partial charge is 0.369 e. The van der Waals surface area contributed by atoms with Crippen LogP contribution in [-0.2, 0) is 6.42 Å². The van der Waals surface area contributed by atoms with E-state index in [2.05, 4.69) is 43.2 Å². The second kappa shape index (κ2) is 7.26. The van der Waals surface area contributed by atoms with E-state index in [1.54, 1.807) is 0 Å². The quantitative estimate of drug-likeness (QED) is 0.711. The Bertz CT molecular complexity index is 960. The predicted octanol–water partition coefficient (Wildman–Crippen LogP) is 3.24. The van der Waals surface area contributed by atoms with Crippen molar-refractivity contribution in [2.24, 2.45) is 0 Å². The van der Waals surface area contributed by atoms with Crippen LogP contribution in [0.5, 0.6) is 0 Å². The van der Waals surface area contributed by atoms with Gasteiger partial charge in [0.25, 0.3) is 0 Å². The van der Waals surface area contributed by atoms with Crippen LogP contribution in [0.25, 0.3) is 10.9 Å². The number of rotatable bonds is 3. The van der Waals surface area contributed by atoms with Crippen LogP contribution in [0.1, 0.15) is 24.9 Å². The molecule has 0 radical (unpaired) electrons. The highest BCUT2D eigenvalue weighted by Crippen LogP contribution is 2.28. The number of nitrogens with zero attached hydrogens (tertiary/aromatic N) is 6. The molecule has 0 saturated carbocycles. The van der Waals surface area contributed by atoms with Gasteiger partial charge in [-0.2, -0.15) is 9.64 Å². The van der Waals surface area contributed by atoms with Gasteiger partial charge < -0.3 is 9.80 Å². The van der Waals surface area contributed by atoms with E-state index in [9.17, 15) is 5.26 Å². The molecule has 0 atom stereocenters. The van der Waals surface area contributed by atoms with Crippen molar-refractivity contribution in [1.29, 1.82) is 5.26 Å². The Kier molecular flexibility index (Phi) is 4.67. The molecular formula is C19H20N6S. The Labute approximate surface area is 156 Å². The van der Waals surface area contributed by atoms with Gasteiger partial charge >= 0.3 is 0 Å². The predicted molar refractivity (Wildman–Crippen MR) is 105 cm³/mol. The van der Waals surface area contributed by atoms with Crippen molar-refractivity contribution in [3.8, 4) is 6.07 Å². The molecule has 0 unspecified atom stereocenters. The SMILES string of the molecule is CCc1nsc(N2CCCN(c3cc(C#N)nc4ccccc34)CC2)n1. The van der Waals surface area contributed by atoms with Gasteiger partial charge in [0.05, 0.1) is 5.52 Å². The number of hydrogen-bond acceptors (Lipinski definition) is 7. The molecule has 1 aliphatic rings. The molecule has 3 heterocycles. The summed E-state index contributed by atoms with van der Waals surface area (Å²) in [5.74, 6) is 0.921. The number of nitriles is 1. The summed E-state index contributed by atoms with van der Waals surface area (Å²) >= 11 is 1.49. The molecule has 2 aromatic heterocycles. The highest BCUT2D eigenvalue weighted by Gasteiger charge is 2.20. The van der Waals surface area contributed by atoms with Gasteiger partial charge in [0, 0.05) is 55.2 Å². The average molecular weight is 364 g/mol. The van der Waals surface area contributed by atoms with E-state index in [-0.39, 0.29) is 0 Å². The van der Waals surface area contributed by atoms with Crippen LogP contribution in [0.4, 0.5) is 10.8 Å². The van der Waals surface area contributed by atoms with Gasteiger partial charge in [0.2, 0.25) is 5.13 Å². The molecule has 0 bridgehead atoms. The molecule has 0 aliphatic carbocycles. The smallest absolute Gasteiger partial charge is 0.205 e. The standard InChI is InChI=1S/C19H20N6S/c1-2-18-22-19(26-23-18)25-9-5-8-24(10-11-25)17-12-14(13-20)21-16-7-4-3-6-15(16)17/h3-4,6-7,12H,2,5,8-11H2,1H3. The summed E-state index contributed by atoms with van der Waals surface area (Å²) in [5, 5.41) is 11.5. The highest BCUT2D eigenvalue weighted by atomic mass is 32.1. The molecule has 3 aromatic rings. The van der Waals surface area contributed by atoms with E-state index >= 15 is 0 Å². The summed E-state index contributed by atoms with van der Waals surface area (Å²) < 4.78 is 4.41. The van der Waals surface area contributed by atoms with E-state index in [0.717, 1.165) is 66.6 Å².